The maximum atomic E-state index is 12.4. The zero-order valence-electron chi connectivity index (χ0n) is 16.1. The van der Waals surface area contributed by atoms with E-state index < -0.39 is 0 Å². The van der Waals surface area contributed by atoms with E-state index in [0.29, 0.717) is 42.4 Å². The number of ether oxygens (including phenoxy) is 4. The summed E-state index contributed by atoms with van der Waals surface area (Å²) < 4.78 is 21.0. The highest BCUT2D eigenvalue weighted by Crippen LogP contribution is 2.38. The van der Waals surface area contributed by atoms with Gasteiger partial charge in [-0.3, -0.25) is 4.79 Å². The second-order valence-corrected chi connectivity index (χ2v) is 5.70. The van der Waals surface area contributed by atoms with Crippen molar-refractivity contribution in [1.82, 2.24) is 10.6 Å². The van der Waals surface area contributed by atoms with Crippen molar-refractivity contribution in [2.75, 3.05) is 41.5 Å². The van der Waals surface area contributed by atoms with E-state index >= 15 is 0 Å². The molecule has 0 aliphatic rings. The number of benzene rings is 2. The minimum Gasteiger partial charge on any atom is -0.497 e. The van der Waals surface area contributed by atoms with Gasteiger partial charge >= 0.3 is 0 Å². The maximum Gasteiger partial charge on any atom is 0.251 e. The molecule has 146 valence electrons. The zero-order chi connectivity index (χ0) is 19.6. The molecule has 0 aromatic heterocycles. The van der Waals surface area contributed by atoms with Crippen LogP contribution < -0.4 is 29.6 Å². The topological polar surface area (TPSA) is 78.1 Å². The highest BCUT2D eigenvalue weighted by atomic mass is 16.5. The molecule has 0 radical (unpaired) electrons. The van der Waals surface area contributed by atoms with E-state index in [-0.39, 0.29) is 5.91 Å². The van der Waals surface area contributed by atoms with E-state index in [2.05, 4.69) is 10.6 Å². The van der Waals surface area contributed by atoms with Crippen LogP contribution in [0.3, 0.4) is 0 Å². The van der Waals surface area contributed by atoms with Gasteiger partial charge in [0.05, 0.1) is 28.4 Å². The summed E-state index contributed by atoms with van der Waals surface area (Å²) in [6, 6.07) is 11.1. The zero-order valence-corrected chi connectivity index (χ0v) is 16.1. The standard InChI is InChI=1S/C20H26N2O5/c1-24-16-7-5-6-14(10-16)13-21-8-9-22-20(23)15-11-17(25-2)19(27-4)18(12-15)26-3/h5-7,10-12,21H,8-9,13H2,1-4H3,(H,22,23). The third-order valence-electron chi connectivity index (χ3n) is 3.98. The first-order valence-corrected chi connectivity index (χ1v) is 8.54. The second-order valence-electron chi connectivity index (χ2n) is 5.70. The van der Waals surface area contributed by atoms with Crippen LogP contribution in [0, 0.1) is 0 Å². The minimum atomic E-state index is -0.211. The summed E-state index contributed by atoms with van der Waals surface area (Å²) in [5.74, 6) is 1.95. The third kappa shape index (κ3) is 5.52. The van der Waals surface area contributed by atoms with Gasteiger partial charge in [-0.2, -0.15) is 0 Å². The Hall–Kier alpha value is -2.93. The van der Waals surface area contributed by atoms with Gasteiger partial charge in [0, 0.05) is 25.2 Å². The van der Waals surface area contributed by atoms with Crippen molar-refractivity contribution in [2.24, 2.45) is 0 Å². The molecule has 7 heteroatoms. The van der Waals surface area contributed by atoms with Crippen molar-refractivity contribution in [3.05, 3.63) is 47.5 Å². The van der Waals surface area contributed by atoms with Crippen LogP contribution in [0.1, 0.15) is 15.9 Å². The lowest BCUT2D eigenvalue weighted by Gasteiger charge is -2.14. The normalized spacial score (nSPS) is 10.2. The van der Waals surface area contributed by atoms with Gasteiger partial charge in [-0.05, 0) is 29.8 Å². The van der Waals surface area contributed by atoms with Crippen LogP contribution in [0.2, 0.25) is 0 Å². The van der Waals surface area contributed by atoms with Crippen molar-refractivity contribution in [1.29, 1.82) is 0 Å². The van der Waals surface area contributed by atoms with E-state index in [1.165, 1.54) is 21.3 Å². The highest BCUT2D eigenvalue weighted by molar-refractivity contribution is 5.95. The molecule has 0 saturated heterocycles. The first-order valence-electron chi connectivity index (χ1n) is 8.54. The van der Waals surface area contributed by atoms with Crippen molar-refractivity contribution in [2.45, 2.75) is 6.54 Å². The summed E-state index contributed by atoms with van der Waals surface area (Å²) >= 11 is 0. The SMILES string of the molecule is COc1cccc(CNCCNC(=O)c2cc(OC)c(OC)c(OC)c2)c1. The summed E-state index contributed by atoms with van der Waals surface area (Å²) in [7, 11) is 6.20. The Bertz CT molecular complexity index is 739. The van der Waals surface area contributed by atoms with Crippen molar-refractivity contribution >= 4 is 5.91 Å². The lowest BCUT2D eigenvalue weighted by atomic mass is 10.1. The first kappa shape index (κ1) is 20.4. The molecular weight excluding hydrogens is 348 g/mol. The Kier molecular flexibility index (Phi) is 7.76. The molecule has 0 bridgehead atoms. The summed E-state index contributed by atoms with van der Waals surface area (Å²) in [5.41, 5.74) is 1.56. The van der Waals surface area contributed by atoms with Crippen LogP contribution in [0.25, 0.3) is 0 Å². The van der Waals surface area contributed by atoms with E-state index in [4.69, 9.17) is 18.9 Å². The lowest BCUT2D eigenvalue weighted by Crippen LogP contribution is -2.31. The Morgan fingerprint density at radius 1 is 0.889 bits per heavy atom. The molecule has 27 heavy (non-hydrogen) atoms. The fourth-order valence-corrected chi connectivity index (χ4v) is 2.59. The van der Waals surface area contributed by atoms with Crippen LogP contribution >= 0.6 is 0 Å². The van der Waals surface area contributed by atoms with Crippen LogP contribution in [0.5, 0.6) is 23.0 Å². The highest BCUT2D eigenvalue weighted by Gasteiger charge is 2.16. The second kappa shape index (κ2) is 10.3. The Labute approximate surface area is 159 Å². The molecule has 0 aliphatic carbocycles. The molecule has 7 nitrogen and oxygen atoms in total. The number of methoxy groups -OCH3 is 4. The van der Waals surface area contributed by atoms with Gasteiger partial charge in [0.15, 0.2) is 11.5 Å². The van der Waals surface area contributed by atoms with E-state index in [9.17, 15) is 4.79 Å². The van der Waals surface area contributed by atoms with Crippen LogP contribution in [-0.4, -0.2) is 47.4 Å². The molecule has 0 unspecified atom stereocenters. The minimum absolute atomic E-state index is 0.211. The molecule has 0 heterocycles. The van der Waals surface area contributed by atoms with Gasteiger partial charge in [-0.25, -0.2) is 0 Å². The third-order valence-corrected chi connectivity index (χ3v) is 3.98. The quantitative estimate of drug-likeness (QED) is 0.621. The Morgan fingerprint density at radius 2 is 1.59 bits per heavy atom. The molecule has 2 aromatic carbocycles. The van der Waals surface area contributed by atoms with Crippen molar-refractivity contribution in [3.63, 3.8) is 0 Å². The van der Waals surface area contributed by atoms with Crippen LogP contribution in [0.4, 0.5) is 0 Å². The van der Waals surface area contributed by atoms with Gasteiger partial charge in [-0.1, -0.05) is 12.1 Å². The average molecular weight is 374 g/mol. The van der Waals surface area contributed by atoms with Crippen LogP contribution in [-0.2, 0) is 6.54 Å². The fraction of sp³-hybridized carbons (Fsp3) is 0.350. The van der Waals surface area contributed by atoms with Crippen molar-refractivity contribution < 1.29 is 23.7 Å². The van der Waals surface area contributed by atoms with Gasteiger partial charge in [0.1, 0.15) is 5.75 Å². The van der Waals surface area contributed by atoms with Gasteiger partial charge in [-0.15, -0.1) is 0 Å². The van der Waals surface area contributed by atoms with E-state index in [1.54, 1.807) is 19.2 Å². The monoisotopic (exact) mass is 374 g/mol. The first-order chi connectivity index (χ1) is 13.1. The molecule has 0 aliphatic heterocycles. The number of carbonyl (C=O) groups is 1. The summed E-state index contributed by atoms with van der Waals surface area (Å²) in [6.07, 6.45) is 0. The molecular formula is C20H26N2O5. The van der Waals surface area contributed by atoms with Gasteiger partial charge < -0.3 is 29.6 Å². The predicted octanol–water partition coefficient (Wildman–Crippen LogP) is 2.24. The molecule has 0 fully saturated rings. The number of amides is 1. The molecule has 0 saturated carbocycles. The fourth-order valence-electron chi connectivity index (χ4n) is 2.59. The Morgan fingerprint density at radius 3 is 2.19 bits per heavy atom. The number of rotatable bonds is 10. The van der Waals surface area contributed by atoms with Gasteiger partial charge in [0.2, 0.25) is 5.75 Å². The molecule has 2 aromatic rings. The molecule has 0 atom stereocenters. The molecule has 1 amide bonds. The number of carbonyl (C=O) groups excluding carboxylic acids is 1. The van der Waals surface area contributed by atoms with Crippen molar-refractivity contribution in [3.8, 4) is 23.0 Å². The van der Waals surface area contributed by atoms with Crippen LogP contribution in [0.15, 0.2) is 36.4 Å². The molecule has 0 spiro atoms. The number of hydrogen-bond acceptors (Lipinski definition) is 6. The maximum absolute atomic E-state index is 12.4. The number of hydrogen-bond donors (Lipinski definition) is 2. The smallest absolute Gasteiger partial charge is 0.251 e. The van der Waals surface area contributed by atoms with Gasteiger partial charge in [0.25, 0.3) is 5.91 Å². The lowest BCUT2D eigenvalue weighted by molar-refractivity contribution is 0.0953. The summed E-state index contributed by atoms with van der Waals surface area (Å²) in [6.45, 7) is 1.81. The molecule has 2 rings (SSSR count). The largest absolute Gasteiger partial charge is 0.497 e. The molecule has 2 N–H and O–H groups in total. The Balaban J connectivity index is 1.86. The summed E-state index contributed by atoms with van der Waals surface area (Å²) in [5, 5.41) is 6.15. The van der Waals surface area contributed by atoms with E-state index in [1.807, 2.05) is 24.3 Å². The summed E-state index contributed by atoms with van der Waals surface area (Å²) in [4.78, 5) is 12.4. The number of nitrogens with one attached hydrogen (secondary N) is 2. The van der Waals surface area contributed by atoms with E-state index in [0.717, 1.165) is 11.3 Å². The predicted molar refractivity (Wildman–Crippen MR) is 103 cm³/mol. The average Bonchev–Trinajstić information content (AvgIpc) is 2.72.